The lowest BCUT2D eigenvalue weighted by atomic mass is 9.93. The number of hydrogen-bond acceptors (Lipinski definition) is 6. The smallest absolute Gasteiger partial charge is 0.260 e. The number of pyridine rings is 2. The zero-order valence-electron chi connectivity index (χ0n) is 17.8. The zero-order chi connectivity index (χ0) is 21.4. The summed E-state index contributed by atoms with van der Waals surface area (Å²) in [6.45, 7) is 6.24. The molecule has 0 radical (unpaired) electrons. The maximum absolute atomic E-state index is 13.2. The number of rotatable bonds is 4. The molecule has 4 heterocycles. The van der Waals surface area contributed by atoms with E-state index in [0.29, 0.717) is 23.4 Å². The largest absolute Gasteiger partial charge is 0.375 e. The van der Waals surface area contributed by atoms with Gasteiger partial charge < -0.3 is 19.9 Å². The average Bonchev–Trinajstić information content (AvgIpc) is 3.53. The topological polar surface area (TPSA) is 70.6 Å². The van der Waals surface area contributed by atoms with Gasteiger partial charge in [0.05, 0.1) is 18.3 Å². The van der Waals surface area contributed by atoms with Crippen molar-refractivity contribution in [3.63, 3.8) is 0 Å². The molecule has 1 atom stereocenters. The number of piperidine rings is 1. The van der Waals surface area contributed by atoms with Gasteiger partial charge in [-0.05, 0) is 78.2 Å². The molecule has 0 bridgehead atoms. The van der Waals surface area contributed by atoms with E-state index < -0.39 is 0 Å². The summed E-state index contributed by atoms with van der Waals surface area (Å²) in [4.78, 5) is 27.0. The Balaban J connectivity index is 1.33. The SMILES string of the molecule is CC1CN(c2cccc(NC(=O)c3ccc(Br)nc3N3CCC4(CC3)CC4)n2)CCO1. The zero-order valence-corrected chi connectivity index (χ0v) is 19.4. The van der Waals surface area contributed by atoms with Crippen molar-refractivity contribution in [2.24, 2.45) is 5.41 Å². The molecule has 2 aliphatic heterocycles. The number of anilines is 3. The van der Waals surface area contributed by atoms with E-state index in [0.717, 1.165) is 42.4 Å². The van der Waals surface area contributed by atoms with Crippen LogP contribution in [-0.4, -0.2) is 54.8 Å². The highest BCUT2D eigenvalue weighted by Crippen LogP contribution is 2.54. The first-order chi connectivity index (χ1) is 15.0. The quantitative estimate of drug-likeness (QED) is 0.657. The van der Waals surface area contributed by atoms with Gasteiger partial charge in [0.15, 0.2) is 0 Å². The fourth-order valence-electron chi connectivity index (χ4n) is 4.59. The summed E-state index contributed by atoms with van der Waals surface area (Å²) in [6.07, 6.45) is 5.24. The Morgan fingerprint density at radius 1 is 1.10 bits per heavy atom. The third-order valence-electron chi connectivity index (χ3n) is 6.71. The summed E-state index contributed by atoms with van der Waals surface area (Å²) in [6, 6.07) is 9.40. The molecule has 3 fully saturated rings. The minimum Gasteiger partial charge on any atom is -0.375 e. The van der Waals surface area contributed by atoms with Crippen molar-refractivity contribution in [3.05, 3.63) is 40.5 Å². The fourth-order valence-corrected chi connectivity index (χ4v) is 4.89. The molecular weight excluding hydrogens is 458 g/mol. The van der Waals surface area contributed by atoms with Crippen LogP contribution in [0.1, 0.15) is 43.0 Å². The third kappa shape index (κ3) is 4.55. The number of aromatic nitrogens is 2. The van der Waals surface area contributed by atoms with Crippen molar-refractivity contribution >= 4 is 39.3 Å². The van der Waals surface area contributed by atoms with Crippen LogP contribution in [0.25, 0.3) is 0 Å². The predicted molar refractivity (Wildman–Crippen MR) is 125 cm³/mol. The third-order valence-corrected chi connectivity index (χ3v) is 7.15. The molecule has 2 aromatic rings. The molecule has 1 unspecified atom stereocenters. The summed E-state index contributed by atoms with van der Waals surface area (Å²) in [5.74, 6) is 1.97. The summed E-state index contributed by atoms with van der Waals surface area (Å²) in [5, 5.41) is 2.99. The van der Waals surface area contributed by atoms with E-state index in [1.54, 1.807) is 0 Å². The Bertz CT molecular complexity index is 970. The van der Waals surface area contributed by atoms with Crippen molar-refractivity contribution in [1.82, 2.24) is 9.97 Å². The number of nitrogens with zero attached hydrogens (tertiary/aromatic N) is 4. The fraction of sp³-hybridized carbons (Fsp3) is 0.522. The van der Waals surface area contributed by atoms with Crippen molar-refractivity contribution in [3.8, 4) is 0 Å². The van der Waals surface area contributed by atoms with Gasteiger partial charge in [-0.15, -0.1) is 0 Å². The minimum atomic E-state index is -0.179. The van der Waals surface area contributed by atoms with Crippen LogP contribution < -0.4 is 15.1 Å². The Hall–Kier alpha value is -2.19. The Labute approximate surface area is 191 Å². The molecule has 1 N–H and O–H groups in total. The lowest BCUT2D eigenvalue weighted by Gasteiger charge is -2.34. The van der Waals surface area contributed by atoms with Gasteiger partial charge in [0, 0.05) is 26.2 Å². The number of halogens is 1. The van der Waals surface area contributed by atoms with Gasteiger partial charge in [-0.3, -0.25) is 4.79 Å². The highest BCUT2D eigenvalue weighted by molar-refractivity contribution is 9.10. The molecule has 1 saturated carbocycles. The Kier molecular flexibility index (Phi) is 5.60. The monoisotopic (exact) mass is 485 g/mol. The first-order valence-electron chi connectivity index (χ1n) is 11.1. The van der Waals surface area contributed by atoms with E-state index in [4.69, 9.17) is 4.74 Å². The van der Waals surface area contributed by atoms with E-state index in [1.165, 1.54) is 25.7 Å². The lowest BCUT2D eigenvalue weighted by Crippen LogP contribution is -2.41. The molecule has 3 aliphatic rings. The van der Waals surface area contributed by atoms with Gasteiger partial charge in [-0.25, -0.2) is 9.97 Å². The standard InChI is InChI=1S/C23H28BrN5O2/c1-16-15-29(13-14-31-16)20-4-2-3-19(26-20)27-22(30)17-5-6-18(24)25-21(17)28-11-9-23(7-8-23)10-12-28/h2-6,16H,7-15H2,1H3,(H,26,27,30). The molecule has 0 aromatic carbocycles. The van der Waals surface area contributed by atoms with E-state index >= 15 is 0 Å². The molecule has 8 heteroatoms. The number of morpholine rings is 1. The summed E-state index contributed by atoms with van der Waals surface area (Å²) >= 11 is 3.47. The molecule has 2 saturated heterocycles. The molecule has 1 spiro atoms. The van der Waals surface area contributed by atoms with Crippen LogP contribution >= 0.6 is 15.9 Å². The number of carbonyl (C=O) groups excluding carboxylic acids is 1. The molecule has 7 nitrogen and oxygen atoms in total. The lowest BCUT2D eigenvalue weighted by molar-refractivity contribution is 0.0529. The summed E-state index contributed by atoms with van der Waals surface area (Å²) in [7, 11) is 0. The second-order valence-corrected chi connectivity index (χ2v) is 9.77. The van der Waals surface area contributed by atoms with Crippen LogP contribution in [-0.2, 0) is 4.74 Å². The van der Waals surface area contributed by atoms with E-state index in [9.17, 15) is 4.79 Å². The first-order valence-corrected chi connectivity index (χ1v) is 11.9. The highest BCUT2D eigenvalue weighted by atomic mass is 79.9. The molecule has 1 aliphatic carbocycles. The predicted octanol–water partition coefficient (Wildman–Crippen LogP) is 4.10. The van der Waals surface area contributed by atoms with Crippen LogP contribution in [0.5, 0.6) is 0 Å². The number of hydrogen-bond donors (Lipinski definition) is 1. The van der Waals surface area contributed by atoms with Crippen LogP contribution in [0.3, 0.4) is 0 Å². The molecule has 2 aromatic heterocycles. The maximum atomic E-state index is 13.2. The first kappa shape index (κ1) is 20.7. The van der Waals surface area contributed by atoms with Crippen molar-refractivity contribution in [2.75, 3.05) is 47.9 Å². The Morgan fingerprint density at radius 2 is 1.90 bits per heavy atom. The van der Waals surface area contributed by atoms with Crippen LogP contribution in [0.2, 0.25) is 0 Å². The maximum Gasteiger partial charge on any atom is 0.260 e. The summed E-state index contributed by atoms with van der Waals surface area (Å²) in [5.41, 5.74) is 1.16. The number of amides is 1. The summed E-state index contributed by atoms with van der Waals surface area (Å²) < 4.78 is 6.37. The van der Waals surface area contributed by atoms with Crippen LogP contribution in [0.15, 0.2) is 34.9 Å². The van der Waals surface area contributed by atoms with Gasteiger partial charge in [-0.2, -0.15) is 0 Å². The van der Waals surface area contributed by atoms with Crippen molar-refractivity contribution < 1.29 is 9.53 Å². The molecule has 1 amide bonds. The van der Waals surface area contributed by atoms with E-state index in [1.807, 2.05) is 30.3 Å². The van der Waals surface area contributed by atoms with Gasteiger partial charge in [0.25, 0.3) is 5.91 Å². The average molecular weight is 486 g/mol. The molecular formula is C23H28BrN5O2. The van der Waals surface area contributed by atoms with Crippen molar-refractivity contribution in [2.45, 2.75) is 38.7 Å². The molecule has 31 heavy (non-hydrogen) atoms. The number of nitrogens with one attached hydrogen (secondary N) is 1. The molecule has 5 rings (SSSR count). The highest BCUT2D eigenvalue weighted by Gasteiger charge is 2.44. The minimum absolute atomic E-state index is 0.171. The number of ether oxygens (including phenoxy) is 1. The van der Waals surface area contributed by atoms with Gasteiger partial charge in [0.1, 0.15) is 22.1 Å². The second-order valence-electron chi connectivity index (χ2n) is 8.95. The van der Waals surface area contributed by atoms with Gasteiger partial charge >= 0.3 is 0 Å². The van der Waals surface area contributed by atoms with Gasteiger partial charge in [0.2, 0.25) is 0 Å². The van der Waals surface area contributed by atoms with Crippen LogP contribution in [0, 0.1) is 5.41 Å². The number of carbonyl (C=O) groups is 1. The second kappa shape index (κ2) is 8.39. The van der Waals surface area contributed by atoms with Crippen molar-refractivity contribution in [1.29, 1.82) is 0 Å². The normalized spacial score (nSPS) is 22.5. The molecule has 164 valence electrons. The Morgan fingerprint density at radius 3 is 2.65 bits per heavy atom. The van der Waals surface area contributed by atoms with Gasteiger partial charge in [-0.1, -0.05) is 6.07 Å². The van der Waals surface area contributed by atoms with E-state index in [2.05, 4.69) is 47.9 Å². The van der Waals surface area contributed by atoms with E-state index in [-0.39, 0.29) is 12.0 Å². The van der Waals surface area contributed by atoms with Crippen LogP contribution in [0.4, 0.5) is 17.5 Å².